The second kappa shape index (κ2) is 9.16. The quantitative estimate of drug-likeness (QED) is 0.414. The summed E-state index contributed by atoms with van der Waals surface area (Å²) in [5.41, 5.74) is 0.772. The first kappa shape index (κ1) is 20.4. The SMILES string of the molecule is CCOC1CCN(C(=NC)NCC2(c3ccccc3F)CC2)CC1.I. The Balaban J connectivity index is 0.00000225. The predicted molar refractivity (Wildman–Crippen MR) is 110 cm³/mol. The molecule has 0 spiro atoms. The highest BCUT2D eigenvalue weighted by Crippen LogP contribution is 2.48. The zero-order chi connectivity index (χ0) is 17.0. The summed E-state index contributed by atoms with van der Waals surface area (Å²) in [6, 6.07) is 7.15. The highest BCUT2D eigenvalue weighted by Gasteiger charge is 2.46. The lowest BCUT2D eigenvalue weighted by atomic mass is 9.95. The standard InChI is InChI=1S/C19H28FN3O.HI/c1-3-24-15-8-12-23(13-9-15)18(21-2)22-14-19(10-11-19)16-6-4-5-7-17(16)20;/h4-7,15H,3,8-14H2,1-2H3,(H,21,22);1H. The van der Waals surface area contributed by atoms with Crippen molar-refractivity contribution in [3.8, 4) is 0 Å². The predicted octanol–water partition coefficient (Wildman–Crippen LogP) is 3.55. The Morgan fingerprint density at radius 3 is 2.56 bits per heavy atom. The van der Waals surface area contributed by atoms with Crippen molar-refractivity contribution >= 4 is 29.9 Å². The lowest BCUT2D eigenvalue weighted by Gasteiger charge is -2.34. The maximum Gasteiger partial charge on any atom is 0.193 e. The number of halogens is 2. The molecule has 1 aliphatic heterocycles. The summed E-state index contributed by atoms with van der Waals surface area (Å²) >= 11 is 0. The van der Waals surface area contributed by atoms with Crippen LogP contribution in [0.3, 0.4) is 0 Å². The topological polar surface area (TPSA) is 36.9 Å². The molecule has 1 heterocycles. The first-order valence-electron chi connectivity index (χ1n) is 9.01. The number of rotatable bonds is 5. The maximum absolute atomic E-state index is 14.1. The van der Waals surface area contributed by atoms with Gasteiger partial charge in [0, 0.05) is 38.7 Å². The van der Waals surface area contributed by atoms with Crippen molar-refractivity contribution in [3.63, 3.8) is 0 Å². The fourth-order valence-corrected chi connectivity index (χ4v) is 3.63. The van der Waals surface area contributed by atoms with Gasteiger partial charge in [-0.2, -0.15) is 0 Å². The zero-order valence-corrected chi connectivity index (χ0v) is 17.5. The summed E-state index contributed by atoms with van der Waals surface area (Å²) in [5.74, 6) is 0.830. The summed E-state index contributed by atoms with van der Waals surface area (Å²) in [4.78, 5) is 6.71. The van der Waals surface area contributed by atoms with E-state index in [4.69, 9.17) is 4.74 Å². The van der Waals surface area contributed by atoms with Gasteiger partial charge >= 0.3 is 0 Å². The normalized spacial score (nSPS) is 20.1. The fourth-order valence-electron chi connectivity index (χ4n) is 3.63. The Kier molecular flexibility index (Phi) is 7.49. The van der Waals surface area contributed by atoms with Crippen LogP contribution < -0.4 is 5.32 Å². The number of nitrogens with zero attached hydrogens (tertiary/aromatic N) is 2. The Hall–Kier alpha value is -0.890. The van der Waals surface area contributed by atoms with Gasteiger partial charge in [0.25, 0.3) is 0 Å². The molecule has 0 radical (unpaired) electrons. The number of hydrogen-bond acceptors (Lipinski definition) is 2. The van der Waals surface area contributed by atoms with Crippen LogP contribution >= 0.6 is 24.0 Å². The van der Waals surface area contributed by atoms with E-state index in [0.29, 0.717) is 6.10 Å². The average molecular weight is 461 g/mol. The van der Waals surface area contributed by atoms with Crippen molar-refractivity contribution < 1.29 is 9.13 Å². The first-order valence-corrected chi connectivity index (χ1v) is 9.01. The van der Waals surface area contributed by atoms with Crippen LogP contribution in [0, 0.1) is 5.82 Å². The van der Waals surface area contributed by atoms with Gasteiger partial charge in [-0.15, -0.1) is 24.0 Å². The number of nitrogens with one attached hydrogen (secondary N) is 1. The van der Waals surface area contributed by atoms with Crippen LogP contribution in [0.25, 0.3) is 0 Å². The Morgan fingerprint density at radius 2 is 2.00 bits per heavy atom. The van der Waals surface area contributed by atoms with Crippen molar-refractivity contribution in [1.82, 2.24) is 10.2 Å². The molecular formula is C19H29FIN3O. The van der Waals surface area contributed by atoms with E-state index >= 15 is 0 Å². The highest BCUT2D eigenvalue weighted by atomic mass is 127. The molecule has 1 aromatic carbocycles. The van der Waals surface area contributed by atoms with Crippen LogP contribution in [0.15, 0.2) is 29.3 Å². The molecule has 0 atom stereocenters. The molecule has 1 aromatic rings. The summed E-state index contributed by atoms with van der Waals surface area (Å²) < 4.78 is 19.8. The van der Waals surface area contributed by atoms with Gasteiger partial charge in [-0.1, -0.05) is 18.2 Å². The molecule has 2 aliphatic rings. The first-order chi connectivity index (χ1) is 11.7. The lowest BCUT2D eigenvalue weighted by Crippen LogP contribution is -2.48. The van der Waals surface area contributed by atoms with Gasteiger partial charge in [0.2, 0.25) is 0 Å². The molecule has 3 rings (SSSR count). The van der Waals surface area contributed by atoms with Crippen molar-refractivity contribution in [1.29, 1.82) is 0 Å². The van der Waals surface area contributed by atoms with Crippen LogP contribution in [0.1, 0.15) is 38.2 Å². The largest absolute Gasteiger partial charge is 0.378 e. The summed E-state index contributed by atoms with van der Waals surface area (Å²) in [7, 11) is 1.82. The van der Waals surface area contributed by atoms with Gasteiger partial charge < -0.3 is 15.0 Å². The maximum atomic E-state index is 14.1. The van der Waals surface area contributed by atoms with Crippen LogP contribution in [0.2, 0.25) is 0 Å². The molecule has 1 aliphatic carbocycles. The number of aliphatic imine (C=N–C) groups is 1. The van der Waals surface area contributed by atoms with Gasteiger partial charge in [0.1, 0.15) is 5.82 Å². The van der Waals surface area contributed by atoms with Crippen molar-refractivity contribution in [2.45, 2.75) is 44.1 Å². The van der Waals surface area contributed by atoms with E-state index < -0.39 is 0 Å². The number of guanidine groups is 1. The van der Waals surface area contributed by atoms with E-state index in [2.05, 4.69) is 15.2 Å². The van der Waals surface area contributed by atoms with E-state index in [1.165, 1.54) is 0 Å². The van der Waals surface area contributed by atoms with E-state index in [1.807, 2.05) is 26.1 Å². The number of likely N-dealkylation sites (tertiary alicyclic amines) is 1. The third kappa shape index (κ3) is 4.84. The van der Waals surface area contributed by atoms with Crippen LogP contribution in [-0.4, -0.2) is 50.3 Å². The fraction of sp³-hybridized carbons (Fsp3) is 0.632. The Bertz CT molecular complexity index is 584. The smallest absolute Gasteiger partial charge is 0.193 e. The summed E-state index contributed by atoms with van der Waals surface area (Å²) in [5, 5.41) is 3.48. The molecule has 0 bridgehead atoms. The number of benzene rings is 1. The van der Waals surface area contributed by atoms with Crippen molar-refractivity contribution in [2.24, 2.45) is 4.99 Å². The van der Waals surface area contributed by atoms with E-state index in [0.717, 1.165) is 63.4 Å². The molecule has 4 nitrogen and oxygen atoms in total. The van der Waals surface area contributed by atoms with E-state index in [9.17, 15) is 4.39 Å². The second-order valence-corrected chi connectivity index (χ2v) is 6.80. The lowest BCUT2D eigenvalue weighted by molar-refractivity contribution is 0.0263. The van der Waals surface area contributed by atoms with Gasteiger partial charge in [-0.05, 0) is 44.2 Å². The Labute approximate surface area is 167 Å². The molecule has 1 saturated carbocycles. The van der Waals surface area contributed by atoms with Crippen LogP contribution in [0.5, 0.6) is 0 Å². The van der Waals surface area contributed by atoms with Crippen LogP contribution in [0.4, 0.5) is 4.39 Å². The minimum Gasteiger partial charge on any atom is -0.378 e. The number of hydrogen-bond donors (Lipinski definition) is 1. The monoisotopic (exact) mass is 461 g/mol. The minimum atomic E-state index is -0.0932. The minimum absolute atomic E-state index is 0. The zero-order valence-electron chi connectivity index (χ0n) is 15.1. The molecule has 0 aromatic heterocycles. The van der Waals surface area contributed by atoms with Gasteiger partial charge in [0.05, 0.1) is 6.10 Å². The summed E-state index contributed by atoms with van der Waals surface area (Å²) in [6.45, 7) is 5.48. The number of ether oxygens (including phenoxy) is 1. The molecule has 25 heavy (non-hydrogen) atoms. The van der Waals surface area contributed by atoms with Gasteiger partial charge in [-0.3, -0.25) is 4.99 Å². The van der Waals surface area contributed by atoms with Crippen molar-refractivity contribution in [2.75, 3.05) is 33.3 Å². The van der Waals surface area contributed by atoms with Crippen LogP contribution in [-0.2, 0) is 10.2 Å². The Morgan fingerprint density at radius 1 is 1.32 bits per heavy atom. The molecule has 2 fully saturated rings. The molecule has 0 amide bonds. The average Bonchev–Trinajstić information content (AvgIpc) is 3.38. The highest BCUT2D eigenvalue weighted by molar-refractivity contribution is 14.0. The molecule has 6 heteroatoms. The van der Waals surface area contributed by atoms with Gasteiger partial charge in [-0.25, -0.2) is 4.39 Å². The molecule has 0 unspecified atom stereocenters. The van der Waals surface area contributed by atoms with E-state index in [1.54, 1.807) is 12.1 Å². The molecule has 1 saturated heterocycles. The molecular weight excluding hydrogens is 432 g/mol. The summed E-state index contributed by atoms with van der Waals surface area (Å²) in [6.07, 6.45) is 4.51. The molecule has 140 valence electrons. The van der Waals surface area contributed by atoms with E-state index in [-0.39, 0.29) is 35.2 Å². The van der Waals surface area contributed by atoms with Crippen molar-refractivity contribution in [3.05, 3.63) is 35.6 Å². The number of piperidine rings is 1. The molecule has 1 N–H and O–H groups in total. The van der Waals surface area contributed by atoms with Gasteiger partial charge in [0.15, 0.2) is 5.96 Å². The third-order valence-corrected chi connectivity index (χ3v) is 5.24. The second-order valence-electron chi connectivity index (χ2n) is 6.80. The third-order valence-electron chi connectivity index (χ3n) is 5.24.